The summed E-state index contributed by atoms with van der Waals surface area (Å²) in [7, 11) is 3.15. The maximum atomic E-state index is 12.0. The van der Waals surface area contributed by atoms with Crippen LogP contribution >= 0.6 is 11.3 Å². The lowest BCUT2D eigenvalue weighted by Gasteiger charge is -2.02. The fourth-order valence-corrected chi connectivity index (χ4v) is 3.25. The van der Waals surface area contributed by atoms with E-state index in [4.69, 9.17) is 14.2 Å². The predicted octanol–water partition coefficient (Wildman–Crippen LogP) is 3.51. The van der Waals surface area contributed by atoms with E-state index in [9.17, 15) is 9.59 Å². The molecule has 1 heterocycles. The van der Waals surface area contributed by atoms with Crippen LogP contribution < -0.4 is 14.8 Å². The second-order valence-corrected chi connectivity index (χ2v) is 6.65. The minimum Gasteiger partial charge on any atom is -0.497 e. The van der Waals surface area contributed by atoms with Crippen molar-refractivity contribution < 1.29 is 23.8 Å². The number of thiazole rings is 1. The molecule has 7 nitrogen and oxygen atoms in total. The van der Waals surface area contributed by atoms with Gasteiger partial charge in [0.05, 0.1) is 24.4 Å². The van der Waals surface area contributed by atoms with Crippen molar-refractivity contribution in [2.45, 2.75) is 0 Å². The number of carbonyl (C=O) groups is 2. The molecule has 2 aromatic carbocycles. The quantitative estimate of drug-likeness (QED) is 0.484. The highest BCUT2D eigenvalue weighted by atomic mass is 32.1. The van der Waals surface area contributed by atoms with E-state index >= 15 is 0 Å². The summed E-state index contributed by atoms with van der Waals surface area (Å²) in [4.78, 5) is 28.1. The number of aromatic nitrogens is 1. The van der Waals surface area contributed by atoms with Gasteiger partial charge in [-0.1, -0.05) is 23.5 Å². The molecule has 3 rings (SSSR count). The van der Waals surface area contributed by atoms with E-state index in [0.29, 0.717) is 16.6 Å². The van der Waals surface area contributed by atoms with Crippen LogP contribution in [0.3, 0.4) is 0 Å². The number of esters is 1. The Hall–Kier alpha value is -3.39. The summed E-state index contributed by atoms with van der Waals surface area (Å²) in [5, 5.41) is 3.05. The molecule has 3 aromatic rings. The number of amides is 1. The standard InChI is InChI=1S/C20H18N2O5S/c1-25-14-5-3-4-13(10-14)6-9-19(24)27-12-18(23)22-20-21-16-8-7-15(26-2)11-17(16)28-20/h3-11H,12H2,1-2H3,(H,21,22,23). The number of benzene rings is 2. The third kappa shape index (κ3) is 5.08. The number of fused-ring (bicyclic) bond motifs is 1. The van der Waals surface area contributed by atoms with Crippen LogP contribution in [0.15, 0.2) is 48.5 Å². The van der Waals surface area contributed by atoms with Crippen LogP contribution in [0.4, 0.5) is 5.13 Å². The average Bonchev–Trinajstić information content (AvgIpc) is 3.12. The molecular weight excluding hydrogens is 380 g/mol. The zero-order valence-corrected chi connectivity index (χ0v) is 16.1. The summed E-state index contributed by atoms with van der Waals surface area (Å²) in [6, 6.07) is 12.7. The average molecular weight is 398 g/mol. The maximum absolute atomic E-state index is 12.0. The number of ether oxygens (including phenoxy) is 3. The van der Waals surface area contributed by atoms with Gasteiger partial charge in [-0.15, -0.1) is 0 Å². The van der Waals surface area contributed by atoms with Crippen LogP contribution in [0.25, 0.3) is 16.3 Å². The Morgan fingerprint density at radius 1 is 1.11 bits per heavy atom. The molecule has 28 heavy (non-hydrogen) atoms. The lowest BCUT2D eigenvalue weighted by molar-refractivity contribution is -0.142. The van der Waals surface area contributed by atoms with Crippen LogP contribution in [0, 0.1) is 0 Å². The molecule has 0 spiro atoms. The Balaban J connectivity index is 1.52. The first-order valence-electron chi connectivity index (χ1n) is 8.30. The Labute approximate surface area is 165 Å². The molecule has 0 bridgehead atoms. The number of nitrogens with zero attached hydrogens (tertiary/aromatic N) is 1. The third-order valence-electron chi connectivity index (χ3n) is 3.69. The van der Waals surface area contributed by atoms with Crippen molar-refractivity contribution in [1.82, 2.24) is 4.98 Å². The van der Waals surface area contributed by atoms with E-state index in [1.165, 1.54) is 17.4 Å². The molecular formula is C20H18N2O5S. The van der Waals surface area contributed by atoms with Gasteiger partial charge in [-0.2, -0.15) is 0 Å². The summed E-state index contributed by atoms with van der Waals surface area (Å²) in [5.74, 6) is 0.315. The predicted molar refractivity (Wildman–Crippen MR) is 108 cm³/mol. The zero-order chi connectivity index (χ0) is 19.9. The molecule has 0 aliphatic carbocycles. The Kier molecular flexibility index (Phi) is 6.23. The van der Waals surface area contributed by atoms with E-state index < -0.39 is 18.5 Å². The van der Waals surface area contributed by atoms with Gasteiger partial charge >= 0.3 is 5.97 Å². The van der Waals surface area contributed by atoms with Gasteiger partial charge in [0.15, 0.2) is 11.7 Å². The number of nitrogens with one attached hydrogen (secondary N) is 1. The first-order chi connectivity index (χ1) is 13.6. The van der Waals surface area contributed by atoms with Gasteiger partial charge in [0, 0.05) is 6.08 Å². The molecule has 8 heteroatoms. The normalized spacial score (nSPS) is 10.8. The number of carbonyl (C=O) groups excluding carboxylic acids is 2. The molecule has 0 aliphatic heterocycles. The molecule has 0 saturated carbocycles. The summed E-state index contributed by atoms with van der Waals surface area (Å²) >= 11 is 1.31. The minimum absolute atomic E-state index is 0.402. The number of methoxy groups -OCH3 is 2. The first-order valence-corrected chi connectivity index (χ1v) is 9.12. The lowest BCUT2D eigenvalue weighted by Crippen LogP contribution is -2.19. The number of rotatable bonds is 7. The fraction of sp³-hybridized carbons (Fsp3) is 0.150. The maximum Gasteiger partial charge on any atom is 0.331 e. The second-order valence-electron chi connectivity index (χ2n) is 5.62. The van der Waals surface area contributed by atoms with Crippen LogP contribution in [0.1, 0.15) is 5.56 Å². The second kappa shape index (κ2) is 9.01. The van der Waals surface area contributed by atoms with Crippen molar-refractivity contribution in [2.75, 3.05) is 26.1 Å². The van der Waals surface area contributed by atoms with E-state index in [2.05, 4.69) is 10.3 Å². The van der Waals surface area contributed by atoms with Crippen LogP contribution in [-0.4, -0.2) is 37.7 Å². The molecule has 0 aliphatic rings. The van der Waals surface area contributed by atoms with Gasteiger partial charge in [-0.05, 0) is 42.0 Å². The highest BCUT2D eigenvalue weighted by Crippen LogP contribution is 2.29. The monoisotopic (exact) mass is 398 g/mol. The number of hydrogen-bond acceptors (Lipinski definition) is 7. The van der Waals surface area contributed by atoms with Gasteiger partial charge in [-0.25, -0.2) is 9.78 Å². The van der Waals surface area contributed by atoms with Crippen LogP contribution in [-0.2, 0) is 14.3 Å². The molecule has 1 N–H and O–H groups in total. The van der Waals surface area contributed by atoms with Crippen molar-refractivity contribution in [2.24, 2.45) is 0 Å². The molecule has 0 unspecified atom stereocenters. The third-order valence-corrected chi connectivity index (χ3v) is 4.63. The van der Waals surface area contributed by atoms with Gasteiger partial charge in [0.1, 0.15) is 11.5 Å². The van der Waals surface area contributed by atoms with Crippen molar-refractivity contribution >= 4 is 44.6 Å². The zero-order valence-electron chi connectivity index (χ0n) is 15.3. The molecule has 0 fully saturated rings. The van der Waals surface area contributed by atoms with Crippen molar-refractivity contribution in [1.29, 1.82) is 0 Å². The highest BCUT2D eigenvalue weighted by Gasteiger charge is 2.10. The van der Waals surface area contributed by atoms with Crippen molar-refractivity contribution in [3.8, 4) is 11.5 Å². The van der Waals surface area contributed by atoms with Crippen LogP contribution in [0.2, 0.25) is 0 Å². The SMILES string of the molecule is COc1cccc(C=CC(=O)OCC(=O)Nc2nc3ccc(OC)cc3s2)c1. The van der Waals surface area contributed by atoms with E-state index in [-0.39, 0.29) is 0 Å². The summed E-state index contributed by atoms with van der Waals surface area (Å²) in [5.41, 5.74) is 1.53. The molecule has 0 radical (unpaired) electrons. The Morgan fingerprint density at radius 2 is 1.89 bits per heavy atom. The van der Waals surface area contributed by atoms with E-state index in [1.54, 1.807) is 38.5 Å². The van der Waals surface area contributed by atoms with Crippen LogP contribution in [0.5, 0.6) is 11.5 Å². The Bertz CT molecular complexity index is 1030. The molecule has 0 atom stereocenters. The summed E-state index contributed by atoms with van der Waals surface area (Å²) in [6.45, 7) is -0.402. The largest absolute Gasteiger partial charge is 0.497 e. The van der Waals surface area contributed by atoms with Gasteiger partial charge in [-0.3, -0.25) is 10.1 Å². The lowest BCUT2D eigenvalue weighted by atomic mass is 10.2. The summed E-state index contributed by atoms with van der Waals surface area (Å²) < 4.78 is 16.1. The van der Waals surface area contributed by atoms with Gasteiger partial charge in [0.2, 0.25) is 0 Å². The Morgan fingerprint density at radius 3 is 2.68 bits per heavy atom. The molecule has 144 valence electrons. The van der Waals surface area contributed by atoms with E-state index in [1.807, 2.05) is 24.3 Å². The molecule has 1 aromatic heterocycles. The topological polar surface area (TPSA) is 86.8 Å². The van der Waals surface area contributed by atoms with Gasteiger partial charge < -0.3 is 14.2 Å². The van der Waals surface area contributed by atoms with Gasteiger partial charge in [0.25, 0.3) is 5.91 Å². The molecule has 0 saturated heterocycles. The smallest absolute Gasteiger partial charge is 0.331 e. The number of anilines is 1. The summed E-state index contributed by atoms with van der Waals surface area (Å²) in [6.07, 6.45) is 2.84. The first kappa shape index (κ1) is 19.4. The molecule has 1 amide bonds. The van der Waals surface area contributed by atoms with Crippen molar-refractivity contribution in [3.63, 3.8) is 0 Å². The number of hydrogen-bond donors (Lipinski definition) is 1. The van der Waals surface area contributed by atoms with Crippen molar-refractivity contribution in [3.05, 3.63) is 54.1 Å². The van der Waals surface area contributed by atoms with E-state index in [0.717, 1.165) is 15.8 Å². The highest BCUT2D eigenvalue weighted by molar-refractivity contribution is 7.22. The fourth-order valence-electron chi connectivity index (χ4n) is 2.33. The minimum atomic E-state index is -0.619.